The number of carbonyl (C=O) groups excluding carboxylic acids is 1. The Balaban J connectivity index is 1.86. The smallest absolute Gasteiger partial charge is 0.353 e. The van der Waals surface area contributed by atoms with E-state index in [1.165, 1.54) is 0 Å². The Bertz CT molecular complexity index is 544. The van der Waals surface area contributed by atoms with Crippen molar-refractivity contribution in [3.8, 4) is 0 Å². The number of hydrogen-bond acceptors (Lipinski definition) is 4. The van der Waals surface area contributed by atoms with Crippen LogP contribution < -0.4 is 5.32 Å². The third-order valence-corrected chi connectivity index (χ3v) is 2.92. The highest BCUT2D eigenvalue weighted by Gasteiger charge is 2.26. The molecule has 0 saturated carbocycles. The lowest BCUT2D eigenvalue weighted by atomic mass is 10.1. The van der Waals surface area contributed by atoms with Crippen molar-refractivity contribution in [1.82, 2.24) is 5.32 Å². The molecular formula is C12H11ClN2O4. The zero-order valence-corrected chi connectivity index (χ0v) is 10.6. The number of carboxylic acids is 1. The lowest BCUT2D eigenvalue weighted by molar-refractivity contribution is -0.129. The van der Waals surface area contributed by atoms with Crippen molar-refractivity contribution in [3.05, 3.63) is 34.9 Å². The third-order valence-electron chi connectivity index (χ3n) is 2.59. The normalized spacial score (nSPS) is 17.5. The summed E-state index contributed by atoms with van der Waals surface area (Å²) in [7, 11) is 0. The highest BCUT2D eigenvalue weighted by molar-refractivity contribution is 6.36. The molecule has 2 rings (SSSR count). The Morgan fingerprint density at radius 2 is 2.21 bits per heavy atom. The number of nitrogens with one attached hydrogen (secondary N) is 1. The fourth-order valence-electron chi connectivity index (χ4n) is 1.61. The highest BCUT2D eigenvalue weighted by atomic mass is 35.5. The topological polar surface area (TPSA) is 88.0 Å². The highest BCUT2D eigenvalue weighted by Crippen LogP contribution is 2.15. The minimum atomic E-state index is -1.11. The van der Waals surface area contributed by atoms with Crippen molar-refractivity contribution in [3.63, 3.8) is 0 Å². The predicted molar refractivity (Wildman–Crippen MR) is 68.3 cm³/mol. The number of nitrogens with zero attached hydrogens (tertiary/aromatic N) is 1. The number of halogens is 1. The second-order valence-electron chi connectivity index (χ2n) is 3.96. The average Bonchev–Trinajstić information content (AvgIpc) is 2.85. The van der Waals surface area contributed by atoms with E-state index in [4.69, 9.17) is 21.5 Å². The van der Waals surface area contributed by atoms with Gasteiger partial charge in [0.15, 0.2) is 11.8 Å². The molecule has 19 heavy (non-hydrogen) atoms. The van der Waals surface area contributed by atoms with Gasteiger partial charge in [-0.1, -0.05) is 28.9 Å². The van der Waals surface area contributed by atoms with Crippen molar-refractivity contribution >= 4 is 29.2 Å². The number of carboxylic acid groups (broad SMARTS) is 1. The SMILES string of the molecule is O=C(O)C1=NOC(CNC(=O)c2ccccc2Cl)C1. The number of hydrogen-bond donors (Lipinski definition) is 2. The van der Waals surface area contributed by atoms with Gasteiger partial charge in [-0.05, 0) is 12.1 Å². The first-order valence-corrected chi connectivity index (χ1v) is 5.94. The summed E-state index contributed by atoms with van der Waals surface area (Å²) in [6, 6.07) is 6.66. The summed E-state index contributed by atoms with van der Waals surface area (Å²) in [4.78, 5) is 27.4. The molecular weight excluding hydrogens is 272 g/mol. The zero-order chi connectivity index (χ0) is 13.8. The first-order chi connectivity index (χ1) is 9.08. The van der Waals surface area contributed by atoms with Gasteiger partial charge in [-0.15, -0.1) is 0 Å². The number of carbonyl (C=O) groups is 2. The first kappa shape index (κ1) is 13.4. The molecule has 6 nitrogen and oxygen atoms in total. The molecule has 7 heteroatoms. The molecule has 1 aliphatic heterocycles. The molecule has 1 aromatic carbocycles. The van der Waals surface area contributed by atoms with Gasteiger partial charge >= 0.3 is 5.97 Å². The molecule has 1 amide bonds. The summed E-state index contributed by atoms with van der Waals surface area (Å²) in [5.74, 6) is -1.45. The van der Waals surface area contributed by atoms with Crippen LogP contribution in [0.25, 0.3) is 0 Å². The van der Waals surface area contributed by atoms with Gasteiger partial charge in [0, 0.05) is 6.42 Å². The molecule has 0 radical (unpaired) electrons. The standard InChI is InChI=1S/C12H11ClN2O4/c13-9-4-2-1-3-8(9)11(16)14-6-7-5-10(12(17)18)15-19-7/h1-4,7H,5-6H2,(H,14,16)(H,17,18). The van der Waals surface area contributed by atoms with Crippen LogP contribution in [-0.4, -0.2) is 35.3 Å². The molecule has 1 atom stereocenters. The molecule has 0 spiro atoms. The molecule has 0 bridgehead atoms. The minimum Gasteiger partial charge on any atom is -0.477 e. The van der Waals surface area contributed by atoms with Crippen molar-refractivity contribution in [2.24, 2.45) is 5.16 Å². The molecule has 0 fully saturated rings. The quantitative estimate of drug-likeness (QED) is 0.871. The summed E-state index contributed by atoms with van der Waals surface area (Å²) >= 11 is 5.89. The van der Waals surface area contributed by atoms with Crippen LogP contribution in [0.1, 0.15) is 16.8 Å². The lowest BCUT2D eigenvalue weighted by Gasteiger charge is -2.10. The Morgan fingerprint density at radius 1 is 1.47 bits per heavy atom. The Hall–Kier alpha value is -2.08. The first-order valence-electron chi connectivity index (χ1n) is 5.56. The Kier molecular flexibility index (Phi) is 4.01. The lowest BCUT2D eigenvalue weighted by Crippen LogP contribution is -2.32. The Morgan fingerprint density at radius 3 is 2.84 bits per heavy atom. The molecule has 0 saturated heterocycles. The predicted octanol–water partition coefficient (Wildman–Crippen LogP) is 1.30. The second-order valence-corrected chi connectivity index (χ2v) is 4.37. The number of rotatable bonds is 4. The van der Waals surface area contributed by atoms with E-state index in [0.29, 0.717) is 10.6 Å². The second kappa shape index (κ2) is 5.71. The van der Waals surface area contributed by atoms with E-state index in [2.05, 4.69) is 10.5 Å². The van der Waals surface area contributed by atoms with Gasteiger partial charge in [0.05, 0.1) is 17.1 Å². The van der Waals surface area contributed by atoms with Crippen LogP contribution in [0.15, 0.2) is 29.4 Å². The zero-order valence-electron chi connectivity index (χ0n) is 9.80. The summed E-state index contributed by atoms with van der Waals surface area (Å²) in [6.07, 6.45) is -0.296. The molecule has 1 aliphatic rings. The van der Waals surface area contributed by atoms with E-state index in [9.17, 15) is 9.59 Å². The van der Waals surface area contributed by atoms with E-state index in [-0.39, 0.29) is 24.6 Å². The molecule has 0 aliphatic carbocycles. The van der Waals surface area contributed by atoms with Crippen LogP contribution in [0.3, 0.4) is 0 Å². The fraction of sp³-hybridized carbons (Fsp3) is 0.250. The molecule has 1 heterocycles. The van der Waals surface area contributed by atoms with Crippen LogP contribution in [0, 0.1) is 0 Å². The Labute approximate surface area is 114 Å². The van der Waals surface area contributed by atoms with Crippen LogP contribution in [0.2, 0.25) is 5.02 Å². The van der Waals surface area contributed by atoms with E-state index in [1.807, 2.05) is 0 Å². The summed E-state index contributed by atoms with van der Waals surface area (Å²) in [5, 5.41) is 15.1. The van der Waals surface area contributed by atoms with Gasteiger partial charge < -0.3 is 15.3 Å². The largest absolute Gasteiger partial charge is 0.477 e. The van der Waals surface area contributed by atoms with Gasteiger partial charge in [-0.25, -0.2) is 4.79 Å². The molecule has 1 unspecified atom stereocenters. The van der Waals surface area contributed by atoms with Crippen molar-refractivity contribution in [2.45, 2.75) is 12.5 Å². The van der Waals surface area contributed by atoms with Crippen LogP contribution in [-0.2, 0) is 9.63 Å². The van der Waals surface area contributed by atoms with E-state index in [1.54, 1.807) is 24.3 Å². The monoisotopic (exact) mass is 282 g/mol. The van der Waals surface area contributed by atoms with Gasteiger partial charge in [0.2, 0.25) is 0 Å². The summed E-state index contributed by atoms with van der Waals surface area (Å²) < 4.78 is 0. The third kappa shape index (κ3) is 3.23. The molecule has 0 aromatic heterocycles. The van der Waals surface area contributed by atoms with Crippen LogP contribution in [0.5, 0.6) is 0 Å². The van der Waals surface area contributed by atoms with Gasteiger partial charge in [0.25, 0.3) is 5.91 Å². The van der Waals surface area contributed by atoms with Gasteiger partial charge in [0.1, 0.15) is 0 Å². The van der Waals surface area contributed by atoms with Crippen molar-refractivity contribution in [1.29, 1.82) is 0 Å². The minimum absolute atomic E-state index is 0.0445. The molecule has 2 N–H and O–H groups in total. The number of amides is 1. The van der Waals surface area contributed by atoms with Crippen molar-refractivity contribution in [2.75, 3.05) is 6.54 Å². The van der Waals surface area contributed by atoms with Crippen LogP contribution >= 0.6 is 11.6 Å². The van der Waals surface area contributed by atoms with Gasteiger partial charge in [-0.3, -0.25) is 4.79 Å². The summed E-state index contributed by atoms with van der Waals surface area (Å²) in [6.45, 7) is 0.171. The number of benzene rings is 1. The molecule has 100 valence electrons. The van der Waals surface area contributed by atoms with E-state index >= 15 is 0 Å². The van der Waals surface area contributed by atoms with E-state index in [0.717, 1.165) is 0 Å². The summed E-state index contributed by atoms with van der Waals surface area (Å²) in [5.41, 5.74) is 0.318. The van der Waals surface area contributed by atoms with Gasteiger partial charge in [-0.2, -0.15) is 0 Å². The average molecular weight is 283 g/mol. The maximum Gasteiger partial charge on any atom is 0.353 e. The fourth-order valence-corrected chi connectivity index (χ4v) is 1.83. The van der Waals surface area contributed by atoms with E-state index < -0.39 is 12.1 Å². The van der Waals surface area contributed by atoms with Crippen LogP contribution in [0.4, 0.5) is 0 Å². The maximum atomic E-state index is 11.8. The van der Waals surface area contributed by atoms with Crippen molar-refractivity contribution < 1.29 is 19.5 Å². The molecule has 1 aromatic rings. The maximum absolute atomic E-state index is 11.8. The number of oxime groups is 1. The number of aliphatic carboxylic acids is 1.